The van der Waals surface area contributed by atoms with E-state index in [0.29, 0.717) is 22.0 Å². The van der Waals surface area contributed by atoms with Crippen LogP contribution in [0.1, 0.15) is 26.2 Å². The van der Waals surface area contributed by atoms with Gasteiger partial charge in [0, 0.05) is 22.4 Å². The van der Waals surface area contributed by atoms with Crippen LogP contribution < -0.4 is 5.32 Å². The first-order chi connectivity index (χ1) is 9.10. The molecule has 1 aliphatic rings. The van der Waals surface area contributed by atoms with E-state index in [-0.39, 0.29) is 10.6 Å². The van der Waals surface area contributed by atoms with Gasteiger partial charge in [0.05, 0.1) is 4.92 Å². The summed E-state index contributed by atoms with van der Waals surface area (Å²) in [5.74, 6) is 1.12. The lowest BCUT2D eigenvalue weighted by atomic mass is 10.2. The predicted molar refractivity (Wildman–Crippen MR) is 81.3 cm³/mol. The van der Waals surface area contributed by atoms with E-state index in [9.17, 15) is 10.1 Å². The van der Waals surface area contributed by atoms with Gasteiger partial charge >= 0.3 is 0 Å². The van der Waals surface area contributed by atoms with Crippen molar-refractivity contribution in [2.75, 3.05) is 11.1 Å². The number of thioether (sulfide) groups is 1. The summed E-state index contributed by atoms with van der Waals surface area (Å²) in [6, 6.07) is 4.95. The minimum absolute atomic E-state index is 0.0935. The number of nitro groups is 1. The van der Waals surface area contributed by atoms with Crippen LogP contribution in [0.2, 0.25) is 5.02 Å². The number of hydrogen-bond donors (Lipinski definition) is 1. The zero-order valence-corrected chi connectivity index (χ0v) is 12.3. The Morgan fingerprint density at radius 3 is 3.00 bits per heavy atom. The molecule has 0 aliphatic heterocycles. The number of nitro benzene ring substituents is 1. The lowest BCUT2D eigenvalue weighted by Crippen LogP contribution is -2.17. The molecule has 104 valence electrons. The fourth-order valence-electron chi connectivity index (χ4n) is 2.46. The number of nitrogens with one attached hydrogen (secondary N) is 1. The molecule has 1 saturated carbocycles. The van der Waals surface area contributed by atoms with Gasteiger partial charge in [0.25, 0.3) is 5.69 Å². The molecule has 1 N–H and O–H groups in total. The lowest BCUT2D eigenvalue weighted by Gasteiger charge is -2.14. The number of anilines is 1. The Morgan fingerprint density at radius 1 is 1.53 bits per heavy atom. The van der Waals surface area contributed by atoms with E-state index >= 15 is 0 Å². The summed E-state index contributed by atoms with van der Waals surface area (Å²) < 4.78 is 0. The number of halogens is 1. The Balaban J connectivity index is 2.07. The van der Waals surface area contributed by atoms with Crippen LogP contribution in [0.4, 0.5) is 11.4 Å². The van der Waals surface area contributed by atoms with Crippen LogP contribution in [-0.2, 0) is 0 Å². The summed E-state index contributed by atoms with van der Waals surface area (Å²) >= 11 is 7.89. The average molecular weight is 301 g/mol. The highest BCUT2D eigenvalue weighted by molar-refractivity contribution is 7.99. The summed E-state index contributed by atoms with van der Waals surface area (Å²) in [5, 5.41) is 15.5. The van der Waals surface area contributed by atoms with E-state index < -0.39 is 0 Å². The van der Waals surface area contributed by atoms with Crippen molar-refractivity contribution in [1.29, 1.82) is 0 Å². The second kappa shape index (κ2) is 6.48. The van der Waals surface area contributed by atoms with Gasteiger partial charge in [-0.05, 0) is 37.1 Å². The second-order valence-electron chi connectivity index (χ2n) is 4.65. The van der Waals surface area contributed by atoms with Crippen molar-refractivity contribution >= 4 is 34.7 Å². The fraction of sp³-hybridized carbons (Fsp3) is 0.538. The van der Waals surface area contributed by atoms with Crippen LogP contribution in [0.5, 0.6) is 0 Å². The molecule has 1 fully saturated rings. The van der Waals surface area contributed by atoms with Gasteiger partial charge < -0.3 is 5.32 Å². The number of hydrogen-bond acceptors (Lipinski definition) is 4. The van der Waals surface area contributed by atoms with Gasteiger partial charge in [-0.2, -0.15) is 11.8 Å². The molecule has 0 heterocycles. The first kappa shape index (κ1) is 14.5. The molecule has 0 amide bonds. The third-order valence-electron chi connectivity index (χ3n) is 3.30. The van der Waals surface area contributed by atoms with E-state index in [1.165, 1.54) is 12.5 Å². The Hall–Kier alpha value is -0.940. The van der Waals surface area contributed by atoms with Gasteiger partial charge in [-0.1, -0.05) is 18.5 Å². The second-order valence-corrected chi connectivity index (χ2v) is 6.66. The topological polar surface area (TPSA) is 55.2 Å². The minimum atomic E-state index is -0.369. The van der Waals surface area contributed by atoms with Crippen LogP contribution in [0.15, 0.2) is 18.2 Å². The molecule has 19 heavy (non-hydrogen) atoms. The van der Waals surface area contributed by atoms with Crippen molar-refractivity contribution in [2.45, 2.75) is 37.5 Å². The third kappa shape index (κ3) is 3.76. The molecule has 0 aromatic heterocycles. The normalized spacial score (nSPS) is 22.4. The molecule has 0 spiro atoms. The molecular formula is C13H17ClN2O2S. The summed E-state index contributed by atoms with van der Waals surface area (Å²) in [4.78, 5) is 10.6. The molecule has 1 aliphatic carbocycles. The summed E-state index contributed by atoms with van der Waals surface area (Å²) in [7, 11) is 0. The molecule has 1 aromatic carbocycles. The van der Waals surface area contributed by atoms with Crippen molar-refractivity contribution in [3.63, 3.8) is 0 Å². The van der Waals surface area contributed by atoms with Crippen molar-refractivity contribution in [2.24, 2.45) is 0 Å². The molecular weight excluding hydrogens is 284 g/mol. The highest BCUT2D eigenvalue weighted by Gasteiger charge is 2.26. The van der Waals surface area contributed by atoms with Gasteiger partial charge in [-0.25, -0.2) is 0 Å². The molecule has 0 saturated heterocycles. The van der Waals surface area contributed by atoms with Gasteiger partial charge in [-0.3, -0.25) is 10.1 Å². The zero-order valence-electron chi connectivity index (χ0n) is 10.8. The maximum Gasteiger partial charge on any atom is 0.292 e. The molecule has 2 unspecified atom stereocenters. The first-order valence-electron chi connectivity index (χ1n) is 6.42. The Kier molecular flexibility index (Phi) is 4.93. The van der Waals surface area contributed by atoms with E-state index in [1.54, 1.807) is 12.1 Å². The molecule has 2 atom stereocenters. The van der Waals surface area contributed by atoms with Crippen LogP contribution in [0, 0.1) is 10.1 Å². The van der Waals surface area contributed by atoms with Crippen LogP contribution >= 0.6 is 23.4 Å². The molecule has 0 bridgehead atoms. The Morgan fingerprint density at radius 2 is 2.32 bits per heavy atom. The molecule has 2 rings (SSSR count). The van der Waals surface area contributed by atoms with Gasteiger partial charge in [-0.15, -0.1) is 0 Å². The van der Waals surface area contributed by atoms with Crippen molar-refractivity contribution in [3.8, 4) is 0 Å². The lowest BCUT2D eigenvalue weighted by molar-refractivity contribution is -0.384. The highest BCUT2D eigenvalue weighted by Crippen LogP contribution is 2.34. The number of benzene rings is 1. The maximum atomic E-state index is 11.0. The van der Waals surface area contributed by atoms with Gasteiger partial charge in [0.15, 0.2) is 0 Å². The molecule has 4 nitrogen and oxygen atoms in total. The van der Waals surface area contributed by atoms with E-state index in [4.69, 9.17) is 11.6 Å². The predicted octanol–water partition coefficient (Wildman–Crippen LogP) is 4.33. The van der Waals surface area contributed by atoms with E-state index in [1.807, 2.05) is 11.8 Å². The van der Waals surface area contributed by atoms with Crippen molar-refractivity contribution in [1.82, 2.24) is 0 Å². The quantitative estimate of drug-likeness (QED) is 0.649. The van der Waals surface area contributed by atoms with Crippen LogP contribution in [0.25, 0.3) is 0 Å². The monoisotopic (exact) mass is 300 g/mol. The number of rotatable bonds is 5. The third-order valence-corrected chi connectivity index (χ3v) is 4.77. The first-order valence-corrected chi connectivity index (χ1v) is 7.85. The SMILES string of the molecule is CCSC1CCC(Nc2cc(Cl)ccc2[N+](=O)[O-])C1. The smallest absolute Gasteiger partial charge is 0.292 e. The zero-order chi connectivity index (χ0) is 13.8. The largest absolute Gasteiger partial charge is 0.377 e. The summed E-state index contributed by atoms with van der Waals surface area (Å²) in [6.45, 7) is 2.16. The van der Waals surface area contributed by atoms with Gasteiger partial charge in [0.1, 0.15) is 5.69 Å². The van der Waals surface area contributed by atoms with Gasteiger partial charge in [0.2, 0.25) is 0 Å². The Labute approximate surface area is 122 Å². The highest BCUT2D eigenvalue weighted by atomic mass is 35.5. The minimum Gasteiger partial charge on any atom is -0.377 e. The number of nitrogens with zero attached hydrogens (tertiary/aromatic N) is 1. The van der Waals surface area contributed by atoms with Crippen LogP contribution in [0.3, 0.4) is 0 Å². The molecule has 1 aromatic rings. The van der Waals surface area contributed by atoms with Crippen LogP contribution in [-0.4, -0.2) is 22.0 Å². The maximum absolute atomic E-state index is 11.0. The Bertz CT molecular complexity index is 470. The molecule has 0 radical (unpaired) electrons. The summed E-state index contributed by atoms with van der Waals surface area (Å²) in [6.07, 6.45) is 3.29. The van der Waals surface area contributed by atoms with E-state index in [0.717, 1.165) is 18.6 Å². The summed E-state index contributed by atoms with van der Waals surface area (Å²) in [5.41, 5.74) is 0.626. The van der Waals surface area contributed by atoms with Crippen molar-refractivity contribution in [3.05, 3.63) is 33.3 Å². The molecule has 6 heteroatoms. The average Bonchev–Trinajstić information content (AvgIpc) is 2.77. The standard InChI is InChI=1S/C13H17ClN2O2S/c1-2-19-11-5-4-10(8-11)15-12-7-9(14)3-6-13(12)16(17)18/h3,6-7,10-11,15H,2,4-5,8H2,1H3. The van der Waals surface area contributed by atoms with Crippen molar-refractivity contribution < 1.29 is 4.92 Å². The van der Waals surface area contributed by atoms with E-state index in [2.05, 4.69) is 12.2 Å². The fourth-order valence-corrected chi connectivity index (χ4v) is 3.78.